The summed E-state index contributed by atoms with van der Waals surface area (Å²) in [5, 5.41) is 10.1. The summed E-state index contributed by atoms with van der Waals surface area (Å²) in [6.07, 6.45) is 3.66. The van der Waals surface area contributed by atoms with Crippen LogP contribution in [0.25, 0.3) is 0 Å². The van der Waals surface area contributed by atoms with Crippen LogP contribution in [-0.4, -0.2) is 28.9 Å². The van der Waals surface area contributed by atoms with Crippen LogP contribution in [0.2, 0.25) is 0 Å². The van der Waals surface area contributed by atoms with E-state index in [-0.39, 0.29) is 6.79 Å². The normalized spacial score (nSPS) is 26.0. The zero-order valence-electron chi connectivity index (χ0n) is 11.6. The second-order valence-electron chi connectivity index (χ2n) is 5.49. The molecule has 2 aliphatic rings. The molecule has 0 spiro atoms. The van der Waals surface area contributed by atoms with Gasteiger partial charge >= 0.3 is 0 Å². The molecule has 2 unspecified atom stereocenters. The largest absolute Gasteiger partial charge is 0.507 e. The Morgan fingerprint density at radius 2 is 2.00 bits per heavy atom. The summed E-state index contributed by atoms with van der Waals surface area (Å²) >= 11 is 0. The molecule has 2 heterocycles. The second-order valence-corrected chi connectivity index (χ2v) is 5.49. The lowest BCUT2D eigenvalue weighted by Crippen LogP contribution is -2.33. The molecule has 0 aliphatic carbocycles. The van der Waals surface area contributed by atoms with Gasteiger partial charge in [0.1, 0.15) is 5.75 Å². The van der Waals surface area contributed by atoms with Crippen molar-refractivity contribution in [3.63, 3.8) is 0 Å². The van der Waals surface area contributed by atoms with Gasteiger partial charge in [-0.2, -0.15) is 0 Å². The van der Waals surface area contributed by atoms with Crippen LogP contribution in [0.5, 0.6) is 17.2 Å². The maximum absolute atomic E-state index is 10.1. The van der Waals surface area contributed by atoms with Crippen molar-refractivity contribution < 1.29 is 14.6 Å². The minimum absolute atomic E-state index is 0.246. The molecule has 1 saturated heterocycles. The fraction of sp³-hybridized carbons (Fsp3) is 0.600. The number of phenols is 1. The first kappa shape index (κ1) is 12.6. The molecule has 0 saturated carbocycles. The molecule has 0 aromatic heterocycles. The third kappa shape index (κ3) is 2.25. The van der Waals surface area contributed by atoms with E-state index in [1.807, 2.05) is 6.07 Å². The van der Waals surface area contributed by atoms with Crippen molar-refractivity contribution in [1.29, 1.82) is 0 Å². The van der Waals surface area contributed by atoms with E-state index in [9.17, 15) is 5.11 Å². The molecule has 0 amide bonds. The number of likely N-dealkylation sites (tertiary alicyclic amines) is 1. The maximum Gasteiger partial charge on any atom is 0.231 e. The first-order chi connectivity index (χ1) is 9.19. The Labute approximate surface area is 113 Å². The zero-order valence-corrected chi connectivity index (χ0v) is 11.6. The topological polar surface area (TPSA) is 41.9 Å². The van der Waals surface area contributed by atoms with Gasteiger partial charge in [-0.3, -0.25) is 4.90 Å². The Bertz CT molecular complexity index is 475. The van der Waals surface area contributed by atoms with Crippen LogP contribution in [0.1, 0.15) is 38.7 Å². The third-order valence-corrected chi connectivity index (χ3v) is 4.35. The molecule has 1 N–H and O–H groups in total. The molecule has 104 valence electrons. The van der Waals surface area contributed by atoms with Gasteiger partial charge in [-0.1, -0.05) is 6.92 Å². The zero-order chi connectivity index (χ0) is 13.4. The SMILES string of the molecule is CCC1CCC(C)N1Cc1cc2c(cc1O)OCO2. The number of ether oxygens (including phenoxy) is 2. The first-order valence-electron chi connectivity index (χ1n) is 7.06. The Morgan fingerprint density at radius 1 is 1.26 bits per heavy atom. The van der Waals surface area contributed by atoms with E-state index in [2.05, 4.69) is 18.7 Å². The average molecular weight is 263 g/mol. The van der Waals surface area contributed by atoms with E-state index in [4.69, 9.17) is 9.47 Å². The Balaban J connectivity index is 1.83. The number of rotatable bonds is 3. The van der Waals surface area contributed by atoms with Crippen molar-refractivity contribution in [2.24, 2.45) is 0 Å². The van der Waals surface area contributed by atoms with Crippen LogP contribution in [-0.2, 0) is 6.54 Å². The highest BCUT2D eigenvalue weighted by molar-refractivity contribution is 5.51. The van der Waals surface area contributed by atoms with Crippen LogP contribution < -0.4 is 9.47 Å². The van der Waals surface area contributed by atoms with E-state index in [1.165, 1.54) is 12.8 Å². The van der Waals surface area contributed by atoms with Crippen LogP contribution in [0, 0.1) is 0 Å². The van der Waals surface area contributed by atoms with Crippen molar-refractivity contribution in [1.82, 2.24) is 4.90 Å². The number of nitrogens with zero attached hydrogens (tertiary/aromatic N) is 1. The van der Waals surface area contributed by atoms with E-state index in [0.717, 1.165) is 24.3 Å². The van der Waals surface area contributed by atoms with Gasteiger partial charge in [0.25, 0.3) is 0 Å². The molecule has 19 heavy (non-hydrogen) atoms. The van der Waals surface area contributed by atoms with Gasteiger partial charge in [0, 0.05) is 30.3 Å². The number of hydrogen-bond donors (Lipinski definition) is 1. The highest BCUT2D eigenvalue weighted by atomic mass is 16.7. The Hall–Kier alpha value is -1.42. The molecule has 0 bridgehead atoms. The van der Waals surface area contributed by atoms with Gasteiger partial charge in [-0.15, -0.1) is 0 Å². The summed E-state index contributed by atoms with van der Waals surface area (Å²) in [6, 6.07) is 4.78. The predicted molar refractivity (Wildman–Crippen MR) is 72.5 cm³/mol. The van der Waals surface area contributed by atoms with Crippen LogP contribution in [0.15, 0.2) is 12.1 Å². The Kier molecular flexibility index (Phi) is 3.27. The lowest BCUT2D eigenvalue weighted by Gasteiger charge is -2.28. The van der Waals surface area contributed by atoms with E-state index < -0.39 is 0 Å². The van der Waals surface area contributed by atoms with Crippen LogP contribution in [0.4, 0.5) is 0 Å². The van der Waals surface area contributed by atoms with Crippen molar-refractivity contribution in [3.05, 3.63) is 17.7 Å². The number of hydrogen-bond acceptors (Lipinski definition) is 4. The molecule has 2 aliphatic heterocycles. The van der Waals surface area contributed by atoms with E-state index in [0.29, 0.717) is 23.6 Å². The standard InChI is InChI=1S/C15H21NO3/c1-3-12-5-4-10(2)16(12)8-11-6-14-15(7-13(11)17)19-9-18-14/h6-7,10,12,17H,3-5,8-9H2,1-2H3. The van der Waals surface area contributed by atoms with E-state index >= 15 is 0 Å². The molecule has 4 nitrogen and oxygen atoms in total. The summed E-state index contributed by atoms with van der Waals surface area (Å²) in [5.41, 5.74) is 0.927. The van der Waals surface area contributed by atoms with Crippen molar-refractivity contribution in [2.75, 3.05) is 6.79 Å². The lowest BCUT2D eigenvalue weighted by molar-refractivity contribution is 0.173. The predicted octanol–water partition coefficient (Wildman–Crippen LogP) is 2.88. The monoisotopic (exact) mass is 263 g/mol. The average Bonchev–Trinajstić information content (AvgIpc) is 2.97. The number of phenolic OH excluding ortho intramolecular Hbond substituents is 1. The summed E-state index contributed by atoms with van der Waals surface area (Å²) in [5.74, 6) is 1.69. The van der Waals surface area contributed by atoms with Gasteiger partial charge in [0.2, 0.25) is 6.79 Å². The minimum Gasteiger partial charge on any atom is -0.507 e. The molecule has 1 fully saturated rings. The van der Waals surface area contributed by atoms with Crippen molar-refractivity contribution in [2.45, 2.75) is 51.7 Å². The van der Waals surface area contributed by atoms with Gasteiger partial charge in [-0.05, 0) is 32.3 Å². The summed E-state index contributed by atoms with van der Waals surface area (Å²) in [6.45, 7) is 5.52. The number of aromatic hydroxyl groups is 1. The molecule has 3 rings (SSSR count). The first-order valence-corrected chi connectivity index (χ1v) is 7.06. The second kappa shape index (κ2) is 4.93. The fourth-order valence-electron chi connectivity index (χ4n) is 3.15. The quantitative estimate of drug-likeness (QED) is 0.910. The Morgan fingerprint density at radius 3 is 2.74 bits per heavy atom. The molecule has 0 radical (unpaired) electrons. The molecule has 4 heteroatoms. The lowest BCUT2D eigenvalue weighted by atomic mass is 10.1. The van der Waals surface area contributed by atoms with Crippen LogP contribution >= 0.6 is 0 Å². The highest BCUT2D eigenvalue weighted by Gasteiger charge is 2.30. The number of benzene rings is 1. The van der Waals surface area contributed by atoms with Gasteiger partial charge in [0.05, 0.1) is 0 Å². The van der Waals surface area contributed by atoms with E-state index in [1.54, 1.807) is 6.07 Å². The molecular weight excluding hydrogens is 242 g/mol. The maximum atomic E-state index is 10.1. The molecule has 2 atom stereocenters. The minimum atomic E-state index is 0.246. The summed E-state index contributed by atoms with van der Waals surface area (Å²) in [4.78, 5) is 2.48. The van der Waals surface area contributed by atoms with Gasteiger partial charge in [0.15, 0.2) is 11.5 Å². The van der Waals surface area contributed by atoms with Gasteiger partial charge in [-0.25, -0.2) is 0 Å². The van der Waals surface area contributed by atoms with Gasteiger partial charge < -0.3 is 14.6 Å². The molecule has 1 aromatic carbocycles. The molecular formula is C15H21NO3. The summed E-state index contributed by atoms with van der Waals surface area (Å²) in [7, 11) is 0. The smallest absolute Gasteiger partial charge is 0.231 e. The summed E-state index contributed by atoms with van der Waals surface area (Å²) < 4.78 is 10.7. The van der Waals surface area contributed by atoms with Crippen molar-refractivity contribution >= 4 is 0 Å². The number of fused-ring (bicyclic) bond motifs is 1. The highest BCUT2D eigenvalue weighted by Crippen LogP contribution is 2.39. The molecule has 1 aromatic rings. The third-order valence-electron chi connectivity index (χ3n) is 4.35. The fourth-order valence-corrected chi connectivity index (χ4v) is 3.15. The van der Waals surface area contributed by atoms with Crippen LogP contribution in [0.3, 0.4) is 0 Å². The van der Waals surface area contributed by atoms with Crippen molar-refractivity contribution in [3.8, 4) is 17.2 Å².